The second-order valence-corrected chi connectivity index (χ2v) is 8.07. The van der Waals surface area contributed by atoms with Crippen LogP contribution in [0.2, 0.25) is 0 Å². The fourth-order valence-electron chi connectivity index (χ4n) is 3.88. The summed E-state index contributed by atoms with van der Waals surface area (Å²) < 4.78 is 10.5. The number of anilines is 2. The maximum absolute atomic E-state index is 12.9. The number of hydrogen-bond donors (Lipinski definition) is 4. The van der Waals surface area contributed by atoms with E-state index in [1.165, 1.54) is 6.33 Å². The molecular weight excluding hydrogens is 464 g/mol. The maximum atomic E-state index is 12.9. The molecule has 0 spiro atoms. The van der Waals surface area contributed by atoms with Crippen LogP contribution < -0.4 is 25.4 Å². The number of nitrogens with zero attached hydrogens (tertiary/aromatic N) is 2. The molecule has 0 fully saturated rings. The summed E-state index contributed by atoms with van der Waals surface area (Å²) in [4.78, 5) is 48.4. The van der Waals surface area contributed by atoms with E-state index in [1.54, 1.807) is 37.6 Å². The van der Waals surface area contributed by atoms with Crippen molar-refractivity contribution in [3.8, 4) is 11.5 Å². The summed E-state index contributed by atoms with van der Waals surface area (Å²) in [5, 5.41) is 8.39. The number of nitrogens with one attached hydrogen (secondary N) is 4. The smallest absolute Gasteiger partial charge is 0.272 e. The van der Waals surface area contributed by atoms with Gasteiger partial charge in [0.05, 0.1) is 30.4 Å². The Kier molecular flexibility index (Phi) is 6.18. The third kappa shape index (κ3) is 4.80. The summed E-state index contributed by atoms with van der Waals surface area (Å²) in [6.45, 7) is 0.185. The largest absolute Gasteiger partial charge is 0.497 e. The number of methoxy groups -OCH3 is 1. The molecule has 1 aliphatic rings. The van der Waals surface area contributed by atoms with Crippen LogP contribution >= 0.6 is 0 Å². The molecule has 0 aliphatic carbocycles. The average molecular weight is 486 g/mol. The molecule has 1 aliphatic heterocycles. The lowest BCUT2D eigenvalue weighted by Crippen LogP contribution is -2.26. The fourth-order valence-corrected chi connectivity index (χ4v) is 3.88. The van der Waals surface area contributed by atoms with Gasteiger partial charge in [0.15, 0.2) is 12.3 Å². The third-order valence-corrected chi connectivity index (χ3v) is 5.58. The summed E-state index contributed by atoms with van der Waals surface area (Å²) in [6, 6.07) is 12.5. The van der Waals surface area contributed by atoms with Crippen LogP contribution in [0.15, 0.2) is 55.0 Å². The molecular formula is C25H22N6O5. The number of amides is 3. The molecule has 2 aromatic heterocycles. The standard InChI is InChI=1S/C25H22N6O5/c1-35-16-4-2-3-14(7-16)9-20(32)31-18-11-26-23-22(18)28-13-29-24(23)25(34)27-10-15-5-6-19-17(8-15)30-21(33)12-36-19/h2-8,11,13,26H,9-10,12H2,1H3,(H,27,34)(H,30,33)(H,31,32). The minimum absolute atomic E-state index is 0.0214. The van der Waals surface area contributed by atoms with Gasteiger partial charge in [0, 0.05) is 12.7 Å². The van der Waals surface area contributed by atoms with Crippen molar-refractivity contribution < 1.29 is 23.9 Å². The van der Waals surface area contributed by atoms with Crippen LogP contribution in [0.3, 0.4) is 0 Å². The Morgan fingerprint density at radius 3 is 2.89 bits per heavy atom. The van der Waals surface area contributed by atoms with Gasteiger partial charge >= 0.3 is 0 Å². The number of carbonyl (C=O) groups is 3. The molecule has 0 atom stereocenters. The van der Waals surface area contributed by atoms with E-state index in [-0.39, 0.29) is 37.1 Å². The zero-order valence-corrected chi connectivity index (χ0v) is 19.3. The molecule has 0 radical (unpaired) electrons. The zero-order chi connectivity index (χ0) is 25.1. The normalized spacial score (nSPS) is 12.3. The first kappa shape index (κ1) is 22.8. The lowest BCUT2D eigenvalue weighted by molar-refractivity contribution is -0.118. The van der Waals surface area contributed by atoms with Crippen LogP contribution in [0, 0.1) is 0 Å². The van der Waals surface area contributed by atoms with Crippen LogP contribution in [-0.4, -0.2) is 46.4 Å². The van der Waals surface area contributed by atoms with Gasteiger partial charge in [-0.05, 0) is 35.4 Å². The van der Waals surface area contributed by atoms with Gasteiger partial charge in [-0.15, -0.1) is 0 Å². The molecule has 0 bridgehead atoms. The second kappa shape index (κ2) is 9.74. The van der Waals surface area contributed by atoms with Crippen molar-refractivity contribution >= 4 is 40.1 Å². The average Bonchev–Trinajstić information content (AvgIpc) is 3.29. The Labute approximate surface area is 205 Å². The van der Waals surface area contributed by atoms with Crippen LogP contribution in [0.25, 0.3) is 11.0 Å². The first-order chi connectivity index (χ1) is 17.5. The topological polar surface area (TPSA) is 147 Å². The molecule has 3 amide bonds. The second-order valence-electron chi connectivity index (χ2n) is 8.07. The Balaban J connectivity index is 1.27. The van der Waals surface area contributed by atoms with Crippen molar-refractivity contribution in [1.82, 2.24) is 20.3 Å². The number of aromatic nitrogens is 3. The Morgan fingerprint density at radius 2 is 2.03 bits per heavy atom. The van der Waals surface area contributed by atoms with E-state index >= 15 is 0 Å². The van der Waals surface area contributed by atoms with Crippen molar-refractivity contribution in [2.45, 2.75) is 13.0 Å². The number of benzene rings is 2. The number of H-pyrrole nitrogens is 1. The molecule has 4 N–H and O–H groups in total. The highest BCUT2D eigenvalue weighted by Gasteiger charge is 2.19. The molecule has 5 rings (SSSR count). The maximum Gasteiger partial charge on any atom is 0.272 e. The zero-order valence-electron chi connectivity index (χ0n) is 19.3. The van der Waals surface area contributed by atoms with Gasteiger partial charge in [0.2, 0.25) is 5.91 Å². The van der Waals surface area contributed by atoms with E-state index in [0.29, 0.717) is 33.9 Å². The molecule has 182 valence electrons. The highest BCUT2D eigenvalue weighted by atomic mass is 16.5. The van der Waals surface area contributed by atoms with Crippen LogP contribution in [0.5, 0.6) is 11.5 Å². The lowest BCUT2D eigenvalue weighted by Gasteiger charge is -2.18. The summed E-state index contributed by atoms with van der Waals surface area (Å²) in [7, 11) is 1.57. The predicted molar refractivity (Wildman–Crippen MR) is 131 cm³/mol. The van der Waals surface area contributed by atoms with Crippen molar-refractivity contribution in [2.24, 2.45) is 0 Å². The Morgan fingerprint density at radius 1 is 1.14 bits per heavy atom. The van der Waals surface area contributed by atoms with E-state index in [2.05, 4.69) is 30.9 Å². The van der Waals surface area contributed by atoms with Gasteiger partial charge < -0.3 is 30.4 Å². The van der Waals surface area contributed by atoms with Crippen molar-refractivity contribution in [2.75, 3.05) is 24.4 Å². The SMILES string of the molecule is COc1cccc(CC(=O)Nc2c[nH]c3c(C(=O)NCc4ccc5c(c4)NC(=O)CO5)ncnc23)c1. The van der Waals surface area contributed by atoms with Gasteiger partial charge in [-0.25, -0.2) is 9.97 Å². The van der Waals surface area contributed by atoms with Crippen LogP contribution in [0.1, 0.15) is 21.6 Å². The van der Waals surface area contributed by atoms with E-state index in [0.717, 1.165) is 11.1 Å². The summed E-state index contributed by atoms with van der Waals surface area (Å²) in [5.41, 5.74) is 3.54. The molecule has 0 saturated heterocycles. The van der Waals surface area contributed by atoms with E-state index in [1.807, 2.05) is 18.2 Å². The minimum atomic E-state index is -0.420. The number of rotatable bonds is 7. The highest BCUT2D eigenvalue weighted by Crippen LogP contribution is 2.28. The highest BCUT2D eigenvalue weighted by molar-refractivity contribution is 6.08. The molecule has 0 saturated carbocycles. The number of carbonyl (C=O) groups excluding carboxylic acids is 3. The van der Waals surface area contributed by atoms with E-state index < -0.39 is 5.91 Å². The molecule has 0 unspecified atom stereocenters. The molecule has 3 heterocycles. The lowest BCUT2D eigenvalue weighted by atomic mass is 10.1. The summed E-state index contributed by atoms with van der Waals surface area (Å²) in [6.07, 6.45) is 2.99. The predicted octanol–water partition coefficient (Wildman–Crippen LogP) is 2.41. The monoisotopic (exact) mass is 486 g/mol. The van der Waals surface area contributed by atoms with Crippen LogP contribution in [-0.2, 0) is 22.6 Å². The summed E-state index contributed by atoms with van der Waals surface area (Å²) >= 11 is 0. The quantitative estimate of drug-likeness (QED) is 0.314. The molecule has 11 nitrogen and oxygen atoms in total. The van der Waals surface area contributed by atoms with Gasteiger partial charge in [0.25, 0.3) is 11.8 Å². The van der Waals surface area contributed by atoms with E-state index in [9.17, 15) is 14.4 Å². The first-order valence-corrected chi connectivity index (χ1v) is 11.1. The van der Waals surface area contributed by atoms with Crippen molar-refractivity contribution in [3.05, 3.63) is 71.8 Å². The fraction of sp³-hybridized carbons (Fsp3) is 0.160. The van der Waals surface area contributed by atoms with E-state index in [4.69, 9.17) is 9.47 Å². The van der Waals surface area contributed by atoms with Gasteiger partial charge in [-0.2, -0.15) is 0 Å². The van der Waals surface area contributed by atoms with Gasteiger partial charge in [0.1, 0.15) is 23.3 Å². The molecule has 11 heteroatoms. The molecule has 2 aromatic carbocycles. The molecule has 4 aromatic rings. The van der Waals surface area contributed by atoms with Crippen molar-refractivity contribution in [3.63, 3.8) is 0 Å². The van der Waals surface area contributed by atoms with Gasteiger partial charge in [-0.1, -0.05) is 18.2 Å². The number of ether oxygens (including phenoxy) is 2. The van der Waals surface area contributed by atoms with Crippen LogP contribution in [0.4, 0.5) is 11.4 Å². The third-order valence-electron chi connectivity index (χ3n) is 5.58. The molecule has 36 heavy (non-hydrogen) atoms. The summed E-state index contributed by atoms with van der Waals surface area (Å²) in [5.74, 6) is 0.359. The minimum Gasteiger partial charge on any atom is -0.497 e. The number of fused-ring (bicyclic) bond motifs is 2. The number of hydrogen-bond acceptors (Lipinski definition) is 7. The van der Waals surface area contributed by atoms with Crippen molar-refractivity contribution in [1.29, 1.82) is 0 Å². The Hall–Kier alpha value is -4.93. The number of aromatic amines is 1. The first-order valence-electron chi connectivity index (χ1n) is 11.1. The van der Waals surface area contributed by atoms with Gasteiger partial charge in [-0.3, -0.25) is 14.4 Å². The Bertz CT molecular complexity index is 1480.